The highest BCUT2D eigenvalue weighted by molar-refractivity contribution is 9.10. The average molecular weight is 340 g/mol. The Kier molecular flexibility index (Phi) is 5.11. The van der Waals surface area contributed by atoms with Crippen LogP contribution in [0.2, 0.25) is 0 Å². The molecule has 1 N–H and O–H groups in total. The molecule has 0 atom stereocenters. The van der Waals surface area contributed by atoms with Gasteiger partial charge in [-0.25, -0.2) is 4.98 Å². The molecule has 1 fully saturated rings. The number of halogens is 1. The third kappa shape index (κ3) is 3.56. The number of carbonyl (C=O) groups excluding carboxylic acids is 2. The molecule has 1 aliphatic rings. The van der Waals surface area contributed by atoms with Gasteiger partial charge in [0, 0.05) is 31.7 Å². The molecule has 0 aliphatic carbocycles. The van der Waals surface area contributed by atoms with Gasteiger partial charge in [0.15, 0.2) is 0 Å². The molecule has 0 unspecified atom stereocenters. The summed E-state index contributed by atoms with van der Waals surface area (Å²) in [6.45, 7) is 3.81. The van der Waals surface area contributed by atoms with Crippen molar-refractivity contribution in [1.29, 1.82) is 0 Å². The predicted octanol–water partition coefficient (Wildman–Crippen LogP) is 1.83. The third-order valence-corrected chi connectivity index (χ3v) is 3.95. The number of amides is 2. The maximum Gasteiger partial charge on any atom is 0.255 e. The summed E-state index contributed by atoms with van der Waals surface area (Å²) >= 11 is 3.25. The van der Waals surface area contributed by atoms with E-state index in [1.807, 2.05) is 6.92 Å². The molecule has 0 bridgehead atoms. The first-order valence-electron chi connectivity index (χ1n) is 6.80. The molecule has 108 valence electrons. The van der Waals surface area contributed by atoms with Gasteiger partial charge in [-0.15, -0.1) is 0 Å². The lowest BCUT2D eigenvalue weighted by molar-refractivity contribution is -0.126. The van der Waals surface area contributed by atoms with Gasteiger partial charge in [-0.3, -0.25) is 9.59 Å². The van der Waals surface area contributed by atoms with Crippen molar-refractivity contribution in [3.63, 3.8) is 0 Å². The minimum atomic E-state index is -0.0145. The second kappa shape index (κ2) is 6.83. The number of piperidine rings is 1. The summed E-state index contributed by atoms with van der Waals surface area (Å²) in [5, 5.41) is 2.84. The van der Waals surface area contributed by atoms with Gasteiger partial charge in [0.1, 0.15) is 4.60 Å². The lowest BCUT2D eigenvalue weighted by Crippen LogP contribution is -2.43. The summed E-state index contributed by atoms with van der Waals surface area (Å²) < 4.78 is 0.712. The van der Waals surface area contributed by atoms with Gasteiger partial charge in [-0.1, -0.05) is 0 Å². The average Bonchev–Trinajstić information content (AvgIpc) is 2.48. The Bertz CT molecular complexity index is 482. The highest BCUT2D eigenvalue weighted by Crippen LogP contribution is 2.19. The standard InChI is InChI=1S/C14H18BrN3O2/c1-2-16-13(19)10-5-7-18(8-6-10)14(20)11-3-4-12(15)17-9-11/h3-4,9-10H,2,5-8H2,1H3,(H,16,19). The summed E-state index contributed by atoms with van der Waals surface area (Å²) in [6.07, 6.45) is 3.02. The highest BCUT2D eigenvalue weighted by atomic mass is 79.9. The van der Waals surface area contributed by atoms with E-state index in [0.717, 1.165) is 12.8 Å². The van der Waals surface area contributed by atoms with Crippen LogP contribution in [-0.2, 0) is 4.79 Å². The smallest absolute Gasteiger partial charge is 0.255 e. The quantitative estimate of drug-likeness (QED) is 0.854. The minimum Gasteiger partial charge on any atom is -0.356 e. The molecule has 6 heteroatoms. The summed E-state index contributed by atoms with van der Waals surface area (Å²) in [5.41, 5.74) is 0.588. The van der Waals surface area contributed by atoms with Crippen LogP contribution in [0, 0.1) is 5.92 Å². The Hall–Kier alpha value is -1.43. The molecular formula is C14H18BrN3O2. The van der Waals surface area contributed by atoms with Gasteiger partial charge in [0.25, 0.3) is 5.91 Å². The second-order valence-electron chi connectivity index (χ2n) is 4.83. The highest BCUT2D eigenvalue weighted by Gasteiger charge is 2.27. The number of aromatic nitrogens is 1. The Morgan fingerprint density at radius 3 is 2.65 bits per heavy atom. The van der Waals surface area contributed by atoms with Crippen LogP contribution in [-0.4, -0.2) is 41.3 Å². The van der Waals surface area contributed by atoms with E-state index in [1.54, 1.807) is 23.2 Å². The van der Waals surface area contributed by atoms with E-state index in [9.17, 15) is 9.59 Å². The molecule has 0 aromatic carbocycles. The molecule has 1 saturated heterocycles. The Labute approximate surface area is 126 Å². The van der Waals surface area contributed by atoms with Gasteiger partial charge in [-0.05, 0) is 47.8 Å². The third-order valence-electron chi connectivity index (χ3n) is 3.48. The van der Waals surface area contributed by atoms with E-state index in [4.69, 9.17) is 0 Å². The van der Waals surface area contributed by atoms with Gasteiger partial charge < -0.3 is 10.2 Å². The Morgan fingerprint density at radius 2 is 2.10 bits per heavy atom. The van der Waals surface area contributed by atoms with Crippen molar-refractivity contribution < 1.29 is 9.59 Å². The fourth-order valence-corrected chi connectivity index (χ4v) is 2.58. The van der Waals surface area contributed by atoms with E-state index in [0.29, 0.717) is 29.8 Å². The van der Waals surface area contributed by atoms with Gasteiger partial charge in [-0.2, -0.15) is 0 Å². The van der Waals surface area contributed by atoms with Crippen molar-refractivity contribution in [2.45, 2.75) is 19.8 Å². The van der Waals surface area contributed by atoms with Crippen LogP contribution in [0.15, 0.2) is 22.9 Å². The molecule has 2 rings (SSSR count). The number of carbonyl (C=O) groups is 2. The number of hydrogen-bond acceptors (Lipinski definition) is 3. The van der Waals surface area contributed by atoms with Crippen molar-refractivity contribution in [3.05, 3.63) is 28.5 Å². The van der Waals surface area contributed by atoms with Crippen LogP contribution in [0.25, 0.3) is 0 Å². The first-order chi connectivity index (χ1) is 9.61. The van der Waals surface area contributed by atoms with E-state index in [2.05, 4.69) is 26.2 Å². The van der Waals surface area contributed by atoms with Crippen LogP contribution >= 0.6 is 15.9 Å². The fraction of sp³-hybridized carbons (Fsp3) is 0.500. The lowest BCUT2D eigenvalue weighted by Gasteiger charge is -2.31. The molecule has 1 aromatic rings. The predicted molar refractivity (Wildman–Crippen MR) is 79.2 cm³/mol. The van der Waals surface area contributed by atoms with E-state index in [-0.39, 0.29) is 17.7 Å². The van der Waals surface area contributed by atoms with E-state index in [1.165, 1.54) is 0 Å². The van der Waals surface area contributed by atoms with Crippen LogP contribution in [0.5, 0.6) is 0 Å². The summed E-state index contributed by atoms with van der Waals surface area (Å²) in [4.78, 5) is 29.9. The molecule has 0 spiro atoms. The molecule has 0 saturated carbocycles. The summed E-state index contributed by atoms with van der Waals surface area (Å²) in [6, 6.07) is 3.52. The second-order valence-corrected chi connectivity index (χ2v) is 5.64. The van der Waals surface area contributed by atoms with Gasteiger partial charge >= 0.3 is 0 Å². The number of hydrogen-bond donors (Lipinski definition) is 1. The monoisotopic (exact) mass is 339 g/mol. The topological polar surface area (TPSA) is 62.3 Å². The Morgan fingerprint density at radius 1 is 1.40 bits per heavy atom. The maximum atomic E-state index is 12.3. The summed E-state index contributed by atoms with van der Waals surface area (Å²) in [5.74, 6) is 0.117. The van der Waals surface area contributed by atoms with Gasteiger partial charge in [0.2, 0.25) is 5.91 Å². The first kappa shape index (κ1) is 15.0. The first-order valence-corrected chi connectivity index (χ1v) is 7.59. The number of nitrogens with one attached hydrogen (secondary N) is 1. The zero-order chi connectivity index (χ0) is 14.5. The molecule has 1 aliphatic heterocycles. The molecule has 20 heavy (non-hydrogen) atoms. The van der Waals surface area contributed by atoms with Crippen molar-refractivity contribution >= 4 is 27.7 Å². The molecule has 0 radical (unpaired) electrons. The van der Waals surface area contributed by atoms with E-state index >= 15 is 0 Å². The molecule has 2 amide bonds. The van der Waals surface area contributed by atoms with Crippen LogP contribution in [0.4, 0.5) is 0 Å². The fourth-order valence-electron chi connectivity index (χ4n) is 2.35. The Balaban J connectivity index is 1.92. The van der Waals surface area contributed by atoms with Crippen LogP contribution in [0.3, 0.4) is 0 Å². The van der Waals surface area contributed by atoms with Crippen molar-refractivity contribution in [1.82, 2.24) is 15.2 Å². The van der Waals surface area contributed by atoms with E-state index < -0.39 is 0 Å². The minimum absolute atomic E-state index is 0.0145. The molecule has 1 aromatic heterocycles. The molecular weight excluding hydrogens is 322 g/mol. The van der Waals surface area contributed by atoms with Crippen molar-refractivity contribution in [2.75, 3.05) is 19.6 Å². The zero-order valence-electron chi connectivity index (χ0n) is 11.4. The lowest BCUT2D eigenvalue weighted by atomic mass is 9.95. The molecule has 5 nitrogen and oxygen atoms in total. The number of pyridine rings is 1. The number of likely N-dealkylation sites (tertiary alicyclic amines) is 1. The zero-order valence-corrected chi connectivity index (χ0v) is 13.0. The largest absolute Gasteiger partial charge is 0.356 e. The number of rotatable bonds is 3. The van der Waals surface area contributed by atoms with Crippen LogP contribution in [0.1, 0.15) is 30.1 Å². The van der Waals surface area contributed by atoms with Crippen molar-refractivity contribution in [3.8, 4) is 0 Å². The van der Waals surface area contributed by atoms with Crippen molar-refractivity contribution in [2.24, 2.45) is 5.92 Å². The van der Waals surface area contributed by atoms with Gasteiger partial charge in [0.05, 0.1) is 5.56 Å². The normalized spacial score (nSPS) is 16.0. The summed E-state index contributed by atoms with van der Waals surface area (Å²) in [7, 11) is 0. The maximum absolute atomic E-state index is 12.3. The van der Waals surface area contributed by atoms with Crippen LogP contribution < -0.4 is 5.32 Å². The SMILES string of the molecule is CCNC(=O)C1CCN(C(=O)c2ccc(Br)nc2)CC1. The molecule has 2 heterocycles. The number of nitrogens with zero attached hydrogens (tertiary/aromatic N) is 2.